The van der Waals surface area contributed by atoms with Gasteiger partial charge in [0.15, 0.2) is 0 Å². The second-order valence-electron chi connectivity index (χ2n) is 5.47. The van der Waals surface area contributed by atoms with Crippen molar-refractivity contribution in [3.8, 4) is 0 Å². The number of hydrazine groups is 1. The molecule has 0 atom stereocenters. The first kappa shape index (κ1) is 12.8. The van der Waals surface area contributed by atoms with Crippen LogP contribution in [0.25, 0.3) is 16.8 Å². The summed E-state index contributed by atoms with van der Waals surface area (Å²) in [6.07, 6.45) is 1.82. The fourth-order valence-electron chi connectivity index (χ4n) is 2.43. The van der Waals surface area contributed by atoms with E-state index in [9.17, 15) is 9.18 Å². The highest BCUT2D eigenvalue weighted by Gasteiger charge is 2.34. The molecule has 2 N–H and O–H groups in total. The Morgan fingerprint density at radius 1 is 1.20 bits per heavy atom. The monoisotopic (exact) mass is 270 g/mol. The molecule has 1 fully saturated rings. The summed E-state index contributed by atoms with van der Waals surface area (Å²) in [5.41, 5.74) is 6.56. The fraction of sp³-hybridized carbons (Fsp3) is 0.188. The summed E-state index contributed by atoms with van der Waals surface area (Å²) in [6, 6.07) is 10.4. The largest absolute Gasteiger partial charge is 0.287 e. The van der Waals surface area contributed by atoms with Crippen molar-refractivity contribution < 1.29 is 9.18 Å². The zero-order valence-electron chi connectivity index (χ0n) is 11.3. The van der Waals surface area contributed by atoms with Gasteiger partial charge in [0.1, 0.15) is 5.82 Å². The minimum absolute atomic E-state index is 0.150. The molecule has 0 unspecified atom stereocenters. The summed E-state index contributed by atoms with van der Waals surface area (Å²) < 4.78 is 13.4. The molecule has 3 nitrogen and oxygen atoms in total. The standard InChI is InChI=1S/C16H15FN2O/c1-16(2)14(15(20)18-19-16)8-11-5-3-4-10-6-7-12(17)9-13(10)11/h3-9,19H,1-2H3,(H,18,20)/b14-8+. The summed E-state index contributed by atoms with van der Waals surface area (Å²) in [5.74, 6) is -0.431. The van der Waals surface area contributed by atoms with Gasteiger partial charge in [-0.15, -0.1) is 0 Å². The molecule has 102 valence electrons. The van der Waals surface area contributed by atoms with E-state index in [2.05, 4.69) is 10.9 Å². The Morgan fingerprint density at radius 2 is 2.00 bits per heavy atom. The first-order valence-corrected chi connectivity index (χ1v) is 6.45. The molecule has 0 radical (unpaired) electrons. The third-order valence-electron chi connectivity index (χ3n) is 3.58. The Morgan fingerprint density at radius 3 is 2.70 bits per heavy atom. The second-order valence-corrected chi connectivity index (χ2v) is 5.47. The Labute approximate surface area is 116 Å². The average Bonchev–Trinajstić information content (AvgIpc) is 2.66. The zero-order chi connectivity index (χ0) is 14.3. The van der Waals surface area contributed by atoms with Crippen molar-refractivity contribution in [2.45, 2.75) is 19.4 Å². The summed E-state index contributed by atoms with van der Waals surface area (Å²) in [6.45, 7) is 3.84. The van der Waals surface area contributed by atoms with Gasteiger partial charge in [-0.3, -0.25) is 10.2 Å². The van der Waals surface area contributed by atoms with Crippen LogP contribution >= 0.6 is 0 Å². The van der Waals surface area contributed by atoms with E-state index in [0.717, 1.165) is 16.3 Å². The van der Waals surface area contributed by atoms with E-state index < -0.39 is 5.54 Å². The molecule has 2 aromatic rings. The van der Waals surface area contributed by atoms with Gasteiger partial charge in [0.2, 0.25) is 0 Å². The number of halogens is 1. The van der Waals surface area contributed by atoms with Crippen molar-refractivity contribution in [3.63, 3.8) is 0 Å². The van der Waals surface area contributed by atoms with Crippen molar-refractivity contribution in [2.24, 2.45) is 0 Å². The first-order chi connectivity index (χ1) is 9.47. The summed E-state index contributed by atoms with van der Waals surface area (Å²) in [7, 11) is 0. The lowest BCUT2D eigenvalue weighted by Crippen LogP contribution is -2.38. The highest BCUT2D eigenvalue weighted by atomic mass is 19.1. The van der Waals surface area contributed by atoms with E-state index in [1.807, 2.05) is 38.1 Å². The highest BCUT2D eigenvalue weighted by Crippen LogP contribution is 2.27. The minimum atomic E-state index is -0.452. The third kappa shape index (κ3) is 2.08. The highest BCUT2D eigenvalue weighted by molar-refractivity contribution is 6.04. The third-order valence-corrected chi connectivity index (χ3v) is 3.58. The molecular formula is C16H15FN2O. The van der Waals surface area contributed by atoms with E-state index in [-0.39, 0.29) is 11.7 Å². The number of carbonyl (C=O) groups is 1. The van der Waals surface area contributed by atoms with Crippen LogP contribution in [0.15, 0.2) is 42.0 Å². The maximum Gasteiger partial charge on any atom is 0.263 e. The number of rotatable bonds is 1. The molecule has 1 aliphatic rings. The first-order valence-electron chi connectivity index (χ1n) is 6.45. The van der Waals surface area contributed by atoms with Gasteiger partial charge >= 0.3 is 0 Å². The van der Waals surface area contributed by atoms with Crippen LogP contribution in [0.1, 0.15) is 19.4 Å². The number of fused-ring (bicyclic) bond motifs is 1. The maximum atomic E-state index is 13.4. The van der Waals surface area contributed by atoms with Crippen LogP contribution in [0.4, 0.5) is 4.39 Å². The number of carbonyl (C=O) groups excluding carboxylic acids is 1. The zero-order valence-corrected chi connectivity index (χ0v) is 11.3. The number of nitrogens with one attached hydrogen (secondary N) is 2. The molecule has 0 aliphatic carbocycles. The molecule has 0 spiro atoms. The van der Waals surface area contributed by atoms with Crippen LogP contribution in [0, 0.1) is 5.82 Å². The van der Waals surface area contributed by atoms with Crippen LogP contribution in [0.2, 0.25) is 0 Å². The van der Waals surface area contributed by atoms with Crippen molar-refractivity contribution in [3.05, 3.63) is 53.4 Å². The molecule has 20 heavy (non-hydrogen) atoms. The molecule has 1 saturated heterocycles. The number of hydrogen-bond donors (Lipinski definition) is 2. The maximum absolute atomic E-state index is 13.4. The van der Waals surface area contributed by atoms with Gasteiger partial charge in [-0.25, -0.2) is 9.82 Å². The Balaban J connectivity index is 2.20. The van der Waals surface area contributed by atoms with Gasteiger partial charge in [-0.2, -0.15) is 0 Å². The summed E-state index contributed by atoms with van der Waals surface area (Å²) >= 11 is 0. The lowest BCUT2D eigenvalue weighted by Gasteiger charge is -2.17. The topological polar surface area (TPSA) is 41.1 Å². The molecular weight excluding hydrogens is 255 g/mol. The van der Waals surface area contributed by atoms with E-state index in [1.165, 1.54) is 12.1 Å². The second kappa shape index (κ2) is 4.42. The van der Waals surface area contributed by atoms with E-state index in [4.69, 9.17) is 0 Å². The van der Waals surface area contributed by atoms with Gasteiger partial charge in [-0.1, -0.05) is 24.3 Å². The van der Waals surface area contributed by atoms with Crippen molar-refractivity contribution in [2.75, 3.05) is 0 Å². The molecule has 1 heterocycles. The SMILES string of the molecule is CC1(C)NNC(=O)/C1=C\c1cccc2ccc(F)cc12. The van der Waals surface area contributed by atoms with Gasteiger partial charge in [-0.05, 0) is 48.4 Å². The predicted molar refractivity (Wildman–Crippen MR) is 77.2 cm³/mol. The van der Waals surface area contributed by atoms with Crippen LogP contribution in [-0.2, 0) is 4.79 Å². The molecule has 1 aliphatic heterocycles. The molecule has 0 aromatic heterocycles. The van der Waals surface area contributed by atoms with Crippen molar-refractivity contribution in [1.82, 2.24) is 10.9 Å². The lowest BCUT2D eigenvalue weighted by molar-refractivity contribution is -0.116. The van der Waals surface area contributed by atoms with Gasteiger partial charge < -0.3 is 0 Å². The molecule has 0 saturated carbocycles. The van der Waals surface area contributed by atoms with Crippen molar-refractivity contribution >= 4 is 22.8 Å². The fourth-order valence-corrected chi connectivity index (χ4v) is 2.43. The number of hydrogen-bond acceptors (Lipinski definition) is 2. The quantitative estimate of drug-likeness (QED) is 0.782. The van der Waals surface area contributed by atoms with Crippen LogP contribution in [-0.4, -0.2) is 11.4 Å². The molecule has 0 bridgehead atoms. The van der Waals surface area contributed by atoms with Gasteiger partial charge in [0.25, 0.3) is 5.91 Å². The molecule has 2 aromatic carbocycles. The molecule has 3 rings (SSSR count). The number of amides is 1. The molecule has 1 amide bonds. The normalized spacial score (nSPS) is 19.6. The van der Waals surface area contributed by atoms with Gasteiger partial charge in [0.05, 0.1) is 5.54 Å². The van der Waals surface area contributed by atoms with Gasteiger partial charge in [0, 0.05) is 5.57 Å². The number of benzene rings is 2. The van der Waals surface area contributed by atoms with Crippen LogP contribution < -0.4 is 10.9 Å². The predicted octanol–water partition coefficient (Wildman–Crippen LogP) is 2.78. The Kier molecular flexibility index (Phi) is 2.83. The Bertz CT molecular complexity index is 734. The average molecular weight is 270 g/mol. The minimum Gasteiger partial charge on any atom is -0.287 e. The lowest BCUT2D eigenvalue weighted by atomic mass is 9.92. The summed E-state index contributed by atoms with van der Waals surface area (Å²) in [4.78, 5) is 11.9. The van der Waals surface area contributed by atoms with Crippen molar-refractivity contribution in [1.29, 1.82) is 0 Å². The molecule has 4 heteroatoms. The Hall–Kier alpha value is -2.20. The smallest absolute Gasteiger partial charge is 0.263 e. The van der Waals surface area contributed by atoms with E-state index in [1.54, 1.807) is 6.07 Å². The van der Waals surface area contributed by atoms with Crippen LogP contribution in [0.5, 0.6) is 0 Å². The van der Waals surface area contributed by atoms with Crippen LogP contribution in [0.3, 0.4) is 0 Å². The summed E-state index contributed by atoms with van der Waals surface area (Å²) in [5, 5.41) is 1.75. The van der Waals surface area contributed by atoms with E-state index in [0.29, 0.717) is 5.57 Å². The van der Waals surface area contributed by atoms with E-state index >= 15 is 0 Å².